The van der Waals surface area contributed by atoms with Gasteiger partial charge in [0.2, 0.25) is 5.60 Å². The maximum absolute atomic E-state index is 13.9. The van der Waals surface area contributed by atoms with Crippen LogP contribution in [0.3, 0.4) is 0 Å². The Morgan fingerprint density at radius 2 is 1.70 bits per heavy atom. The third kappa shape index (κ3) is 3.37. The number of rotatable bonds is 3. The van der Waals surface area contributed by atoms with Gasteiger partial charge >= 0.3 is 6.18 Å². The molecule has 1 aromatic heterocycles. The van der Waals surface area contributed by atoms with Crippen molar-refractivity contribution in [3.8, 4) is 11.8 Å². The first kappa shape index (κ1) is 19.2. The molecule has 0 aliphatic heterocycles. The minimum atomic E-state index is -5.11. The second kappa shape index (κ2) is 6.85. The topological polar surface area (TPSA) is 74.7 Å². The normalized spacial score (nSPS) is 13.8. The molecule has 10 heteroatoms. The smallest absolute Gasteiger partial charge is 0.372 e. The monoisotopic (exact) mass is 412 g/mol. The molecule has 0 unspecified atom stereocenters. The molecule has 138 valence electrons. The van der Waals surface area contributed by atoms with Crippen molar-refractivity contribution >= 4 is 23.2 Å². The van der Waals surface area contributed by atoms with Gasteiger partial charge in [-0.3, -0.25) is 0 Å². The highest BCUT2D eigenvalue weighted by Gasteiger charge is 2.56. The van der Waals surface area contributed by atoms with Crippen LogP contribution in [0.5, 0.6) is 0 Å². The van der Waals surface area contributed by atoms with Crippen molar-refractivity contribution in [2.24, 2.45) is 0 Å². The first-order chi connectivity index (χ1) is 12.7. The Morgan fingerprint density at radius 3 is 2.22 bits per heavy atom. The summed E-state index contributed by atoms with van der Waals surface area (Å²) in [4.78, 5) is 3.74. The molecule has 0 bridgehead atoms. The maximum Gasteiger partial charge on any atom is 0.425 e. The van der Waals surface area contributed by atoms with Gasteiger partial charge in [-0.2, -0.15) is 23.5 Å². The van der Waals surface area contributed by atoms with Crippen LogP contribution in [0.4, 0.5) is 13.2 Å². The minimum Gasteiger partial charge on any atom is -0.372 e. The van der Waals surface area contributed by atoms with E-state index in [9.17, 15) is 23.5 Å². The second-order valence-corrected chi connectivity index (χ2v) is 6.42. The standard InChI is InChI=1S/C17H9Cl2F3N4O/c18-13-4-12(5-14(19)6-13)16(27,17(20,21)22)11-1-2-15(10(3-11)7-23)26-9-24-8-25-26/h1-6,8-9,27H/t16-/m0/s1. The van der Waals surface area contributed by atoms with E-state index in [1.807, 2.05) is 0 Å². The van der Waals surface area contributed by atoms with Gasteiger partial charge < -0.3 is 5.11 Å². The van der Waals surface area contributed by atoms with E-state index in [0.717, 1.165) is 24.3 Å². The van der Waals surface area contributed by atoms with E-state index in [2.05, 4.69) is 10.1 Å². The van der Waals surface area contributed by atoms with Gasteiger partial charge in [0.05, 0.1) is 11.3 Å². The summed E-state index contributed by atoms with van der Waals surface area (Å²) in [5.41, 5.74) is -4.46. The number of nitrogens with zero attached hydrogens (tertiary/aromatic N) is 4. The van der Waals surface area contributed by atoms with Gasteiger partial charge in [-0.05, 0) is 35.9 Å². The van der Waals surface area contributed by atoms with Crippen LogP contribution in [0.15, 0.2) is 49.1 Å². The summed E-state index contributed by atoms with van der Waals surface area (Å²) in [6.45, 7) is 0. The fraction of sp³-hybridized carbons (Fsp3) is 0.118. The molecular formula is C17H9Cl2F3N4O. The quantitative estimate of drug-likeness (QED) is 0.697. The summed E-state index contributed by atoms with van der Waals surface area (Å²) in [5, 5.41) is 23.8. The first-order valence-corrected chi connectivity index (χ1v) is 8.07. The van der Waals surface area contributed by atoms with Crippen molar-refractivity contribution in [2.45, 2.75) is 11.8 Å². The summed E-state index contributed by atoms with van der Waals surface area (Å²) in [5.74, 6) is 0. The molecule has 2 aromatic carbocycles. The molecule has 0 spiro atoms. The minimum absolute atomic E-state index is 0.0695. The van der Waals surface area contributed by atoms with Gasteiger partial charge in [0, 0.05) is 15.6 Å². The number of hydrogen-bond donors (Lipinski definition) is 1. The van der Waals surface area contributed by atoms with Crippen LogP contribution in [0.1, 0.15) is 16.7 Å². The van der Waals surface area contributed by atoms with Gasteiger partial charge in [0.1, 0.15) is 18.7 Å². The van der Waals surface area contributed by atoms with E-state index in [1.54, 1.807) is 6.07 Å². The highest BCUT2D eigenvalue weighted by Crippen LogP contribution is 2.45. The summed E-state index contributed by atoms with van der Waals surface area (Å²) in [6.07, 6.45) is -2.60. The average Bonchev–Trinajstić information content (AvgIpc) is 3.13. The Bertz CT molecular complexity index is 1010. The molecule has 0 radical (unpaired) electrons. The highest BCUT2D eigenvalue weighted by molar-refractivity contribution is 6.34. The second-order valence-electron chi connectivity index (χ2n) is 5.55. The van der Waals surface area contributed by atoms with E-state index in [1.165, 1.54) is 29.5 Å². The Balaban J connectivity index is 2.24. The summed E-state index contributed by atoms with van der Waals surface area (Å²) >= 11 is 11.6. The van der Waals surface area contributed by atoms with Gasteiger partial charge in [0.15, 0.2) is 0 Å². The summed E-state index contributed by atoms with van der Waals surface area (Å²) < 4.78 is 42.9. The summed E-state index contributed by atoms with van der Waals surface area (Å²) in [7, 11) is 0. The van der Waals surface area contributed by atoms with E-state index >= 15 is 0 Å². The Labute approximate surface area is 161 Å². The number of benzene rings is 2. The fourth-order valence-corrected chi connectivity index (χ4v) is 3.17. The average molecular weight is 413 g/mol. The SMILES string of the molecule is N#Cc1cc([C@](O)(c2cc(Cl)cc(Cl)c2)C(F)(F)F)ccc1-n1cncn1. The highest BCUT2D eigenvalue weighted by atomic mass is 35.5. The molecule has 1 atom stereocenters. The molecule has 3 rings (SSSR count). The van der Waals surface area contributed by atoms with Gasteiger partial charge in [-0.15, -0.1) is 0 Å². The Hall–Kier alpha value is -2.60. The lowest BCUT2D eigenvalue weighted by Gasteiger charge is -2.32. The molecule has 0 aliphatic rings. The molecule has 0 saturated heterocycles. The molecule has 0 amide bonds. The predicted molar refractivity (Wildman–Crippen MR) is 91.6 cm³/mol. The van der Waals surface area contributed by atoms with Crippen molar-refractivity contribution in [1.29, 1.82) is 5.26 Å². The number of alkyl halides is 3. The Kier molecular flexibility index (Phi) is 4.86. The van der Waals surface area contributed by atoms with Gasteiger partial charge in [0.25, 0.3) is 0 Å². The van der Waals surface area contributed by atoms with E-state index < -0.39 is 22.9 Å². The molecule has 0 saturated carbocycles. The third-order valence-electron chi connectivity index (χ3n) is 3.89. The lowest BCUT2D eigenvalue weighted by Crippen LogP contribution is -2.43. The molecule has 5 nitrogen and oxygen atoms in total. The van der Waals surface area contributed by atoms with Crippen LogP contribution < -0.4 is 0 Å². The number of halogens is 5. The number of hydrogen-bond acceptors (Lipinski definition) is 4. The molecule has 1 heterocycles. The van der Waals surface area contributed by atoms with Crippen LogP contribution in [-0.4, -0.2) is 26.0 Å². The zero-order valence-electron chi connectivity index (χ0n) is 13.2. The van der Waals surface area contributed by atoms with Crippen molar-refractivity contribution in [2.75, 3.05) is 0 Å². The van der Waals surface area contributed by atoms with Crippen molar-refractivity contribution in [3.63, 3.8) is 0 Å². The number of nitriles is 1. The van der Waals surface area contributed by atoms with Gasteiger partial charge in [-0.25, -0.2) is 9.67 Å². The van der Waals surface area contributed by atoms with Crippen LogP contribution >= 0.6 is 23.2 Å². The first-order valence-electron chi connectivity index (χ1n) is 7.32. The molecule has 0 aliphatic carbocycles. The summed E-state index contributed by atoms with van der Waals surface area (Å²) in [6, 6.07) is 8.23. The Morgan fingerprint density at radius 1 is 1.04 bits per heavy atom. The molecular weight excluding hydrogens is 404 g/mol. The third-order valence-corrected chi connectivity index (χ3v) is 4.33. The van der Waals surface area contributed by atoms with Crippen molar-refractivity contribution in [1.82, 2.24) is 14.8 Å². The van der Waals surface area contributed by atoms with Crippen molar-refractivity contribution in [3.05, 3.63) is 75.8 Å². The van der Waals surface area contributed by atoms with Crippen LogP contribution in [-0.2, 0) is 5.60 Å². The lowest BCUT2D eigenvalue weighted by atomic mass is 9.84. The lowest BCUT2D eigenvalue weighted by molar-refractivity contribution is -0.248. The van der Waals surface area contributed by atoms with Gasteiger partial charge in [-0.1, -0.05) is 29.3 Å². The number of aliphatic hydroxyl groups is 1. The number of aromatic nitrogens is 3. The zero-order chi connectivity index (χ0) is 19.8. The molecule has 0 fully saturated rings. The van der Waals surface area contributed by atoms with Crippen LogP contribution in [0, 0.1) is 11.3 Å². The van der Waals surface area contributed by atoms with E-state index in [4.69, 9.17) is 23.2 Å². The zero-order valence-corrected chi connectivity index (χ0v) is 14.8. The molecule has 1 N–H and O–H groups in total. The van der Waals surface area contributed by atoms with Crippen molar-refractivity contribution < 1.29 is 18.3 Å². The van der Waals surface area contributed by atoms with E-state index in [-0.39, 0.29) is 21.3 Å². The maximum atomic E-state index is 13.9. The molecule has 3 aromatic rings. The fourth-order valence-electron chi connectivity index (χ4n) is 2.64. The van der Waals surface area contributed by atoms with E-state index in [0.29, 0.717) is 0 Å². The van der Waals surface area contributed by atoms with Crippen LogP contribution in [0.25, 0.3) is 5.69 Å². The van der Waals surface area contributed by atoms with Crippen LogP contribution in [0.2, 0.25) is 10.0 Å². The molecule has 27 heavy (non-hydrogen) atoms. The predicted octanol–water partition coefficient (Wildman–Crippen LogP) is 4.24. The largest absolute Gasteiger partial charge is 0.425 e.